The topological polar surface area (TPSA) is 60.7 Å². The molecular weight excluding hydrogens is 381 g/mol. The molecule has 3 rings (SSSR count). The van der Waals surface area contributed by atoms with E-state index < -0.39 is 0 Å². The average molecular weight is 398 g/mol. The molecule has 0 radical (unpaired) electrons. The predicted molar refractivity (Wildman–Crippen MR) is 100 cm³/mol. The van der Waals surface area contributed by atoms with Gasteiger partial charge < -0.3 is 4.74 Å². The number of benzene rings is 1. The van der Waals surface area contributed by atoms with Crippen LogP contribution in [0.4, 0.5) is 0 Å². The van der Waals surface area contributed by atoms with Gasteiger partial charge in [-0.2, -0.15) is 10.2 Å². The number of ether oxygens (including phenoxy) is 1. The Balaban J connectivity index is 2.03. The minimum absolute atomic E-state index is 0.351. The van der Waals surface area contributed by atoms with Crippen molar-refractivity contribution in [3.63, 3.8) is 0 Å². The number of hydrogen-bond donors (Lipinski definition) is 1. The highest BCUT2D eigenvalue weighted by molar-refractivity contribution is 7.71. The van der Waals surface area contributed by atoms with Gasteiger partial charge in [0.05, 0.1) is 33.7 Å². The maximum absolute atomic E-state index is 6.11. The molecule has 0 unspecified atom stereocenters. The third kappa shape index (κ3) is 3.50. The molecule has 9 heteroatoms. The van der Waals surface area contributed by atoms with Crippen molar-refractivity contribution in [3.8, 4) is 5.69 Å². The van der Waals surface area contributed by atoms with Gasteiger partial charge in [-0.15, -0.1) is 0 Å². The molecule has 0 fully saturated rings. The standard InChI is InChI=1S/C16H17Cl2N5OS/c1-9-15(23-14(8-24-3)19-20-16(23)25)10(2)22(21-9)7-11-4-5-12(17)13(18)6-11/h4-6H,7-8H2,1-3H3,(H,20,25). The summed E-state index contributed by atoms with van der Waals surface area (Å²) >= 11 is 17.5. The number of rotatable bonds is 5. The van der Waals surface area contributed by atoms with Crippen LogP contribution in [-0.4, -0.2) is 31.7 Å². The van der Waals surface area contributed by atoms with Crippen molar-refractivity contribution in [2.75, 3.05) is 7.11 Å². The van der Waals surface area contributed by atoms with Gasteiger partial charge in [0.15, 0.2) is 10.6 Å². The Morgan fingerprint density at radius 3 is 2.68 bits per heavy atom. The molecule has 25 heavy (non-hydrogen) atoms. The molecule has 0 aliphatic heterocycles. The fourth-order valence-electron chi connectivity index (χ4n) is 2.76. The highest BCUT2D eigenvalue weighted by atomic mass is 35.5. The van der Waals surface area contributed by atoms with Crippen LogP contribution in [0.1, 0.15) is 22.8 Å². The number of H-pyrrole nitrogens is 1. The predicted octanol–water partition coefficient (Wildman–Crippen LogP) is 4.24. The van der Waals surface area contributed by atoms with Crippen molar-refractivity contribution in [3.05, 3.63) is 55.8 Å². The molecule has 132 valence electrons. The number of nitrogens with one attached hydrogen (secondary N) is 1. The van der Waals surface area contributed by atoms with Crippen molar-refractivity contribution in [1.82, 2.24) is 24.5 Å². The van der Waals surface area contributed by atoms with Gasteiger partial charge in [-0.1, -0.05) is 29.3 Å². The van der Waals surface area contributed by atoms with E-state index in [1.807, 2.05) is 35.2 Å². The molecule has 0 aliphatic carbocycles. The summed E-state index contributed by atoms with van der Waals surface area (Å²) in [6, 6.07) is 5.57. The van der Waals surface area contributed by atoms with E-state index >= 15 is 0 Å². The summed E-state index contributed by atoms with van der Waals surface area (Å²) in [4.78, 5) is 0. The van der Waals surface area contributed by atoms with Crippen LogP contribution < -0.4 is 0 Å². The molecule has 0 amide bonds. The number of aryl methyl sites for hydroxylation is 1. The number of halogens is 2. The number of nitrogens with zero attached hydrogens (tertiary/aromatic N) is 4. The molecule has 0 spiro atoms. The lowest BCUT2D eigenvalue weighted by molar-refractivity contribution is 0.176. The highest BCUT2D eigenvalue weighted by Crippen LogP contribution is 2.25. The second-order valence-corrected chi connectivity index (χ2v) is 6.84. The summed E-state index contributed by atoms with van der Waals surface area (Å²) < 4.78 is 9.49. The molecular formula is C16H17Cl2N5OS. The van der Waals surface area contributed by atoms with Crippen molar-refractivity contribution in [2.45, 2.75) is 27.0 Å². The summed E-state index contributed by atoms with van der Waals surface area (Å²) in [7, 11) is 1.62. The molecule has 3 aromatic rings. The zero-order chi connectivity index (χ0) is 18.1. The van der Waals surface area contributed by atoms with Crippen molar-refractivity contribution < 1.29 is 4.74 Å². The van der Waals surface area contributed by atoms with Gasteiger partial charge in [0.25, 0.3) is 0 Å². The van der Waals surface area contributed by atoms with Gasteiger partial charge in [-0.25, -0.2) is 0 Å². The minimum Gasteiger partial charge on any atom is -0.377 e. The quantitative estimate of drug-likeness (QED) is 0.653. The van der Waals surface area contributed by atoms with Crippen molar-refractivity contribution in [1.29, 1.82) is 0 Å². The monoisotopic (exact) mass is 397 g/mol. The fraction of sp³-hybridized carbons (Fsp3) is 0.312. The largest absolute Gasteiger partial charge is 0.377 e. The van der Waals surface area contributed by atoms with Gasteiger partial charge in [0, 0.05) is 7.11 Å². The van der Waals surface area contributed by atoms with Crippen LogP contribution in [-0.2, 0) is 17.9 Å². The van der Waals surface area contributed by atoms with E-state index in [0.29, 0.717) is 33.8 Å². The Morgan fingerprint density at radius 2 is 2.00 bits per heavy atom. The molecule has 0 aliphatic rings. The van der Waals surface area contributed by atoms with E-state index in [9.17, 15) is 0 Å². The first-order chi connectivity index (χ1) is 11.9. The molecule has 6 nitrogen and oxygen atoms in total. The van der Waals surface area contributed by atoms with E-state index in [0.717, 1.165) is 22.6 Å². The van der Waals surface area contributed by atoms with E-state index in [2.05, 4.69) is 15.3 Å². The maximum atomic E-state index is 6.11. The molecule has 0 saturated heterocycles. The Hall–Kier alpha value is -1.67. The van der Waals surface area contributed by atoms with Crippen molar-refractivity contribution >= 4 is 35.4 Å². The Morgan fingerprint density at radius 1 is 1.24 bits per heavy atom. The van der Waals surface area contributed by atoms with Gasteiger partial charge in [0.1, 0.15) is 6.61 Å². The summed E-state index contributed by atoms with van der Waals surface area (Å²) in [5.74, 6) is 0.702. The molecule has 2 heterocycles. The zero-order valence-electron chi connectivity index (χ0n) is 14.0. The van der Waals surface area contributed by atoms with E-state index in [-0.39, 0.29) is 0 Å². The molecule has 2 aromatic heterocycles. The smallest absolute Gasteiger partial charge is 0.200 e. The highest BCUT2D eigenvalue weighted by Gasteiger charge is 2.18. The van der Waals surface area contributed by atoms with E-state index in [4.69, 9.17) is 40.2 Å². The van der Waals surface area contributed by atoms with Gasteiger partial charge >= 0.3 is 0 Å². The summed E-state index contributed by atoms with van der Waals surface area (Å²) in [5.41, 5.74) is 3.75. The van der Waals surface area contributed by atoms with Crippen LogP contribution in [0.5, 0.6) is 0 Å². The van der Waals surface area contributed by atoms with Gasteiger partial charge in [-0.3, -0.25) is 14.3 Å². The second-order valence-electron chi connectivity index (χ2n) is 5.64. The Bertz CT molecular complexity index is 976. The van der Waals surface area contributed by atoms with Crippen LogP contribution >= 0.6 is 35.4 Å². The first-order valence-electron chi connectivity index (χ1n) is 7.56. The molecule has 0 saturated carbocycles. The van der Waals surface area contributed by atoms with Gasteiger partial charge in [-0.05, 0) is 43.8 Å². The van der Waals surface area contributed by atoms with Crippen LogP contribution in [0.3, 0.4) is 0 Å². The summed E-state index contributed by atoms with van der Waals surface area (Å²) in [5, 5.41) is 12.8. The SMILES string of the molecule is COCc1n[nH]c(=S)n1-c1c(C)nn(Cc2ccc(Cl)c(Cl)c2)c1C. The Labute approximate surface area is 160 Å². The first-order valence-corrected chi connectivity index (χ1v) is 8.72. The molecule has 1 N–H and O–H groups in total. The molecule has 0 atom stereocenters. The summed E-state index contributed by atoms with van der Waals surface area (Å²) in [6.45, 7) is 4.87. The van der Waals surface area contributed by atoms with E-state index in [1.54, 1.807) is 13.2 Å². The van der Waals surface area contributed by atoms with Crippen LogP contribution in [0.2, 0.25) is 10.0 Å². The first kappa shape index (κ1) is 18.1. The van der Waals surface area contributed by atoms with Crippen LogP contribution in [0, 0.1) is 18.6 Å². The number of aromatic nitrogens is 5. The van der Waals surface area contributed by atoms with Gasteiger partial charge in [0.2, 0.25) is 0 Å². The minimum atomic E-state index is 0.351. The van der Waals surface area contributed by atoms with Crippen LogP contribution in [0.15, 0.2) is 18.2 Å². The fourth-order valence-corrected chi connectivity index (χ4v) is 3.33. The van der Waals surface area contributed by atoms with E-state index in [1.165, 1.54) is 0 Å². The second kappa shape index (κ2) is 7.29. The number of aromatic amines is 1. The maximum Gasteiger partial charge on any atom is 0.200 e. The molecule has 0 bridgehead atoms. The normalized spacial score (nSPS) is 11.2. The third-order valence-electron chi connectivity index (χ3n) is 3.90. The lowest BCUT2D eigenvalue weighted by Crippen LogP contribution is -2.07. The number of methoxy groups -OCH3 is 1. The molecule has 1 aromatic carbocycles. The average Bonchev–Trinajstić information content (AvgIpc) is 3.04. The Kier molecular flexibility index (Phi) is 5.29. The third-order valence-corrected chi connectivity index (χ3v) is 4.91. The lowest BCUT2D eigenvalue weighted by atomic mass is 10.2. The summed E-state index contributed by atoms with van der Waals surface area (Å²) in [6.07, 6.45) is 0. The van der Waals surface area contributed by atoms with Crippen molar-refractivity contribution in [2.24, 2.45) is 0 Å². The zero-order valence-corrected chi connectivity index (χ0v) is 16.3. The van der Waals surface area contributed by atoms with Crippen LogP contribution in [0.25, 0.3) is 5.69 Å². The number of hydrogen-bond acceptors (Lipinski definition) is 4. The lowest BCUT2D eigenvalue weighted by Gasteiger charge is -2.09.